The molecule has 0 spiro atoms. The zero-order valence-electron chi connectivity index (χ0n) is 13.4. The molecule has 0 aromatic rings. The second-order valence-corrected chi connectivity index (χ2v) is 5.04. The van der Waals surface area contributed by atoms with E-state index in [1.54, 1.807) is 0 Å². The lowest BCUT2D eigenvalue weighted by molar-refractivity contribution is 0.282. The average molecular weight is 288 g/mol. The van der Waals surface area contributed by atoms with Gasteiger partial charge >= 0.3 is 0 Å². The normalized spacial score (nSPS) is 12.4. The van der Waals surface area contributed by atoms with Crippen LogP contribution >= 0.6 is 0 Å². The second kappa shape index (κ2) is 18.7. The van der Waals surface area contributed by atoms with E-state index in [1.165, 1.54) is 12.8 Å². The van der Waals surface area contributed by atoms with Gasteiger partial charge in [-0.3, -0.25) is 0 Å². The lowest BCUT2D eigenvalue weighted by Gasteiger charge is -1.95. The van der Waals surface area contributed by atoms with Crippen LogP contribution in [0.5, 0.6) is 0 Å². The molecule has 0 rings (SSSR count). The Bertz CT molecular complexity index is 321. The molecule has 0 atom stereocenters. The van der Waals surface area contributed by atoms with E-state index < -0.39 is 0 Å². The molecule has 118 valence electrons. The van der Waals surface area contributed by atoms with Crippen LogP contribution in [0.25, 0.3) is 0 Å². The van der Waals surface area contributed by atoms with Crippen molar-refractivity contribution in [1.82, 2.24) is 0 Å². The molecule has 0 fully saturated rings. The highest BCUT2D eigenvalue weighted by Crippen LogP contribution is 2.03. The van der Waals surface area contributed by atoms with Crippen LogP contribution in [0, 0.1) is 0 Å². The summed E-state index contributed by atoms with van der Waals surface area (Å²) in [5.41, 5.74) is 0. The number of hydrogen-bond acceptors (Lipinski definition) is 1. The summed E-state index contributed by atoms with van der Waals surface area (Å²) in [4.78, 5) is 0. The van der Waals surface area contributed by atoms with Crippen LogP contribution in [0.3, 0.4) is 0 Å². The van der Waals surface area contributed by atoms with Crippen molar-refractivity contribution < 1.29 is 5.11 Å². The molecule has 0 unspecified atom stereocenters. The number of aliphatic hydroxyl groups excluding tert-OH is 1. The molecule has 0 aliphatic heterocycles. The molecule has 1 N–H and O–H groups in total. The minimum absolute atomic E-state index is 0.334. The average Bonchev–Trinajstić information content (AvgIpc) is 2.50. The summed E-state index contributed by atoms with van der Waals surface area (Å²) in [7, 11) is 0. The van der Waals surface area contributed by atoms with E-state index in [0.717, 1.165) is 44.9 Å². The molecule has 0 aromatic carbocycles. The second-order valence-electron chi connectivity index (χ2n) is 5.04. The molecule has 0 aromatic heterocycles. The van der Waals surface area contributed by atoms with Crippen LogP contribution < -0.4 is 0 Å². The van der Waals surface area contributed by atoms with Crippen molar-refractivity contribution in [1.29, 1.82) is 0 Å². The minimum Gasteiger partial charge on any atom is -0.396 e. The summed E-state index contributed by atoms with van der Waals surface area (Å²) in [6.07, 6.45) is 29.3. The van der Waals surface area contributed by atoms with Gasteiger partial charge in [-0.05, 0) is 44.9 Å². The van der Waals surface area contributed by atoms with Gasteiger partial charge in [0.15, 0.2) is 0 Å². The van der Waals surface area contributed by atoms with Gasteiger partial charge in [0.25, 0.3) is 0 Å². The molecule has 1 nitrogen and oxygen atoms in total. The summed E-state index contributed by atoms with van der Waals surface area (Å²) in [6, 6.07) is 0. The van der Waals surface area contributed by atoms with Gasteiger partial charge in [-0.25, -0.2) is 0 Å². The molecule has 0 bridgehead atoms. The zero-order chi connectivity index (χ0) is 15.4. The molecule has 1 heteroatoms. The summed E-state index contributed by atoms with van der Waals surface area (Å²) >= 11 is 0. The molecule has 21 heavy (non-hydrogen) atoms. The Morgan fingerprint density at radius 3 is 1.57 bits per heavy atom. The Morgan fingerprint density at radius 1 is 0.571 bits per heavy atom. The molecule has 0 aliphatic rings. The molecule has 0 aliphatic carbocycles. The number of allylic oxidation sites excluding steroid dienone is 9. The van der Waals surface area contributed by atoms with Gasteiger partial charge in [0, 0.05) is 6.61 Å². The summed E-state index contributed by atoms with van der Waals surface area (Å²) in [6.45, 7) is 4.01. The van der Waals surface area contributed by atoms with Gasteiger partial charge in [-0.15, -0.1) is 6.58 Å². The maximum atomic E-state index is 8.66. The van der Waals surface area contributed by atoms with E-state index in [2.05, 4.69) is 55.2 Å². The minimum atomic E-state index is 0.334. The van der Waals surface area contributed by atoms with Crippen LogP contribution in [0.1, 0.15) is 57.8 Å². The van der Waals surface area contributed by atoms with Gasteiger partial charge in [-0.1, -0.05) is 67.5 Å². The highest BCUT2D eigenvalue weighted by atomic mass is 16.2. The first-order valence-electron chi connectivity index (χ1n) is 8.23. The van der Waals surface area contributed by atoms with Crippen LogP contribution in [-0.2, 0) is 0 Å². The fraction of sp³-hybridized carbons (Fsp3) is 0.500. The van der Waals surface area contributed by atoms with Crippen molar-refractivity contribution in [3.05, 3.63) is 61.3 Å². The van der Waals surface area contributed by atoms with Crippen molar-refractivity contribution >= 4 is 0 Å². The Labute approximate surface area is 131 Å². The molecule has 0 heterocycles. The fourth-order valence-corrected chi connectivity index (χ4v) is 1.85. The standard InChI is InChI=1S/C20H32O/c1-2-3-4-5-6-7-8-9-10-11-12-13-14-15-16-17-18-19-20-21/h2,4-5,7-8,10-11,13-14,21H,1,3,6,9,12,15-20H2. The van der Waals surface area contributed by atoms with Gasteiger partial charge in [0.05, 0.1) is 0 Å². The third-order valence-corrected chi connectivity index (χ3v) is 3.06. The first kappa shape index (κ1) is 19.7. The first-order chi connectivity index (χ1) is 10.4. The number of rotatable bonds is 14. The van der Waals surface area contributed by atoms with E-state index in [0.29, 0.717) is 6.61 Å². The van der Waals surface area contributed by atoms with Crippen LogP contribution in [0.4, 0.5) is 0 Å². The summed E-state index contributed by atoms with van der Waals surface area (Å²) in [5.74, 6) is 0. The number of aliphatic hydroxyl groups is 1. The van der Waals surface area contributed by atoms with Gasteiger partial charge < -0.3 is 5.11 Å². The number of unbranched alkanes of at least 4 members (excludes halogenated alkanes) is 4. The van der Waals surface area contributed by atoms with Crippen molar-refractivity contribution in [3.8, 4) is 0 Å². The number of hydrogen-bond donors (Lipinski definition) is 1. The zero-order valence-corrected chi connectivity index (χ0v) is 13.4. The third kappa shape index (κ3) is 18.7. The highest BCUT2D eigenvalue weighted by Gasteiger charge is 1.86. The SMILES string of the molecule is C=CCC=CCC=CCC=CCC=CCCCCCCO. The molecule has 0 saturated heterocycles. The Hall–Kier alpha value is -1.34. The fourth-order valence-electron chi connectivity index (χ4n) is 1.85. The van der Waals surface area contributed by atoms with Gasteiger partial charge in [0.2, 0.25) is 0 Å². The largest absolute Gasteiger partial charge is 0.396 e. The van der Waals surface area contributed by atoms with Crippen LogP contribution in [-0.4, -0.2) is 11.7 Å². The van der Waals surface area contributed by atoms with E-state index in [-0.39, 0.29) is 0 Å². The van der Waals surface area contributed by atoms with E-state index >= 15 is 0 Å². The third-order valence-electron chi connectivity index (χ3n) is 3.06. The van der Waals surface area contributed by atoms with Crippen molar-refractivity contribution in [2.45, 2.75) is 57.8 Å². The maximum absolute atomic E-state index is 8.66. The smallest absolute Gasteiger partial charge is 0.0431 e. The highest BCUT2D eigenvalue weighted by molar-refractivity contribution is 5.00. The van der Waals surface area contributed by atoms with Gasteiger partial charge in [0.1, 0.15) is 0 Å². The molecule has 0 radical (unpaired) electrons. The topological polar surface area (TPSA) is 20.2 Å². The van der Waals surface area contributed by atoms with Gasteiger partial charge in [-0.2, -0.15) is 0 Å². The maximum Gasteiger partial charge on any atom is 0.0431 e. The predicted molar refractivity (Wildman–Crippen MR) is 95.4 cm³/mol. The van der Waals surface area contributed by atoms with Crippen LogP contribution in [0.15, 0.2) is 61.3 Å². The lowest BCUT2D eigenvalue weighted by Crippen LogP contribution is -1.82. The molecular formula is C20H32O. The first-order valence-corrected chi connectivity index (χ1v) is 8.23. The molecule has 0 saturated carbocycles. The van der Waals surface area contributed by atoms with Crippen molar-refractivity contribution in [2.24, 2.45) is 0 Å². The Morgan fingerprint density at radius 2 is 1.05 bits per heavy atom. The lowest BCUT2D eigenvalue weighted by atomic mass is 10.1. The van der Waals surface area contributed by atoms with Crippen molar-refractivity contribution in [2.75, 3.05) is 6.61 Å². The Balaban J connectivity index is 3.35. The Kier molecular flexibility index (Phi) is 17.5. The monoisotopic (exact) mass is 288 g/mol. The predicted octanol–water partition coefficient (Wildman–Crippen LogP) is 5.90. The van der Waals surface area contributed by atoms with E-state index in [1.807, 2.05) is 6.08 Å². The quantitative estimate of drug-likeness (QED) is 0.311. The van der Waals surface area contributed by atoms with Crippen LogP contribution in [0.2, 0.25) is 0 Å². The van der Waals surface area contributed by atoms with E-state index in [9.17, 15) is 0 Å². The summed E-state index contributed by atoms with van der Waals surface area (Å²) in [5, 5.41) is 8.66. The molecular weight excluding hydrogens is 256 g/mol. The summed E-state index contributed by atoms with van der Waals surface area (Å²) < 4.78 is 0. The molecule has 0 amide bonds. The van der Waals surface area contributed by atoms with Crippen molar-refractivity contribution in [3.63, 3.8) is 0 Å². The van der Waals surface area contributed by atoms with E-state index in [4.69, 9.17) is 5.11 Å².